The molecule has 1 N–H and O–H groups in total. The van der Waals surface area contributed by atoms with Gasteiger partial charge in [0.1, 0.15) is 17.4 Å². The van der Waals surface area contributed by atoms with Crippen LogP contribution in [-0.2, 0) is 4.79 Å². The second-order valence-electron chi connectivity index (χ2n) is 6.24. The summed E-state index contributed by atoms with van der Waals surface area (Å²) in [6.45, 7) is 6.08. The number of ether oxygens (including phenoxy) is 1. The zero-order chi connectivity index (χ0) is 19.3. The number of hydrogen-bond donors (Lipinski definition) is 1. The topological polar surface area (TPSA) is 62.1 Å². The molecule has 0 radical (unpaired) electrons. The number of nitrogens with zero attached hydrogens (tertiary/aromatic N) is 1. The Labute approximate surface area is 162 Å². The van der Waals surface area contributed by atoms with E-state index in [9.17, 15) is 10.1 Å². The van der Waals surface area contributed by atoms with E-state index in [1.807, 2.05) is 37.3 Å². The lowest BCUT2D eigenvalue weighted by Crippen LogP contribution is -2.13. The number of benzene rings is 2. The largest absolute Gasteiger partial charge is 0.496 e. The Morgan fingerprint density at radius 1 is 1.27 bits per heavy atom. The molecule has 2 rings (SSSR count). The second kappa shape index (κ2) is 8.68. The fourth-order valence-corrected chi connectivity index (χ4v) is 2.80. The number of carbonyl (C=O) groups excluding carboxylic acids is 1. The van der Waals surface area contributed by atoms with E-state index in [1.54, 1.807) is 25.3 Å². The first kappa shape index (κ1) is 19.7. The molecule has 0 aliphatic carbocycles. The molecule has 0 heterocycles. The zero-order valence-corrected chi connectivity index (χ0v) is 16.8. The molecule has 134 valence electrons. The molecule has 0 fully saturated rings. The van der Waals surface area contributed by atoms with Crippen LogP contribution < -0.4 is 10.1 Å². The van der Waals surface area contributed by atoms with E-state index in [0.717, 1.165) is 26.9 Å². The van der Waals surface area contributed by atoms with Gasteiger partial charge < -0.3 is 10.1 Å². The molecule has 4 nitrogen and oxygen atoms in total. The van der Waals surface area contributed by atoms with E-state index in [4.69, 9.17) is 4.74 Å². The maximum Gasteiger partial charge on any atom is 0.266 e. The van der Waals surface area contributed by atoms with Crippen molar-refractivity contribution < 1.29 is 9.53 Å². The molecule has 0 saturated carbocycles. The molecule has 0 unspecified atom stereocenters. The lowest BCUT2D eigenvalue weighted by molar-refractivity contribution is -0.112. The highest BCUT2D eigenvalue weighted by molar-refractivity contribution is 9.10. The van der Waals surface area contributed by atoms with Gasteiger partial charge in [-0.3, -0.25) is 4.79 Å². The first-order chi connectivity index (χ1) is 12.3. The van der Waals surface area contributed by atoms with Crippen molar-refractivity contribution in [3.05, 3.63) is 63.1 Å². The number of aryl methyl sites for hydroxylation is 1. The number of anilines is 1. The van der Waals surface area contributed by atoms with Crippen LogP contribution in [0.25, 0.3) is 6.08 Å². The van der Waals surface area contributed by atoms with Crippen molar-refractivity contribution in [1.29, 1.82) is 5.26 Å². The molecule has 0 atom stereocenters. The number of nitriles is 1. The monoisotopic (exact) mass is 412 g/mol. The first-order valence-corrected chi connectivity index (χ1v) is 9.02. The van der Waals surface area contributed by atoms with Gasteiger partial charge >= 0.3 is 0 Å². The fraction of sp³-hybridized carbons (Fsp3) is 0.238. The van der Waals surface area contributed by atoms with E-state index < -0.39 is 5.91 Å². The maximum atomic E-state index is 12.4. The van der Waals surface area contributed by atoms with Crippen LogP contribution in [0.1, 0.15) is 36.5 Å². The molecule has 5 heteroatoms. The van der Waals surface area contributed by atoms with E-state index in [2.05, 4.69) is 35.1 Å². The normalized spacial score (nSPS) is 11.2. The van der Waals surface area contributed by atoms with Gasteiger partial charge in [0.25, 0.3) is 5.91 Å². The Hall–Kier alpha value is -2.58. The Bertz CT molecular complexity index is 878. The van der Waals surface area contributed by atoms with Crippen LogP contribution in [0.2, 0.25) is 0 Å². The SMILES string of the molecule is COc1cc(C)c(/C=C(/C#N)C(=O)Nc2ccc(Br)cc2)cc1C(C)C. The van der Waals surface area contributed by atoms with E-state index >= 15 is 0 Å². The Morgan fingerprint density at radius 2 is 1.92 bits per heavy atom. The van der Waals surface area contributed by atoms with Gasteiger partial charge in [0.15, 0.2) is 0 Å². The number of nitrogens with one attached hydrogen (secondary N) is 1. The smallest absolute Gasteiger partial charge is 0.266 e. The highest BCUT2D eigenvalue weighted by Crippen LogP contribution is 2.30. The predicted molar refractivity (Wildman–Crippen MR) is 108 cm³/mol. The van der Waals surface area contributed by atoms with E-state index in [-0.39, 0.29) is 11.5 Å². The summed E-state index contributed by atoms with van der Waals surface area (Å²) in [6.07, 6.45) is 1.62. The minimum absolute atomic E-state index is 0.0518. The third-order valence-corrected chi connectivity index (χ3v) is 4.54. The maximum absolute atomic E-state index is 12.4. The molecular formula is C21H21BrN2O2. The second-order valence-corrected chi connectivity index (χ2v) is 7.15. The van der Waals surface area contributed by atoms with Crippen molar-refractivity contribution in [1.82, 2.24) is 0 Å². The van der Waals surface area contributed by atoms with Crippen molar-refractivity contribution in [2.24, 2.45) is 0 Å². The molecule has 1 amide bonds. The van der Waals surface area contributed by atoms with Gasteiger partial charge in [-0.05, 0) is 72.0 Å². The van der Waals surface area contributed by atoms with Crippen LogP contribution in [-0.4, -0.2) is 13.0 Å². The summed E-state index contributed by atoms with van der Waals surface area (Å²) in [5.74, 6) is 0.642. The molecule has 2 aromatic rings. The molecule has 0 aliphatic rings. The summed E-state index contributed by atoms with van der Waals surface area (Å²) in [6, 6.07) is 13.1. The number of hydrogen-bond acceptors (Lipinski definition) is 3. The molecule has 0 aliphatic heterocycles. The molecular weight excluding hydrogens is 392 g/mol. The van der Waals surface area contributed by atoms with Crippen LogP contribution in [0, 0.1) is 18.3 Å². The summed E-state index contributed by atoms with van der Waals surface area (Å²) in [7, 11) is 1.64. The van der Waals surface area contributed by atoms with Crippen LogP contribution in [0.15, 0.2) is 46.4 Å². The lowest BCUT2D eigenvalue weighted by atomic mass is 9.95. The summed E-state index contributed by atoms with van der Waals surface area (Å²) >= 11 is 3.35. The highest BCUT2D eigenvalue weighted by atomic mass is 79.9. The summed E-state index contributed by atoms with van der Waals surface area (Å²) < 4.78 is 6.36. The fourth-order valence-electron chi connectivity index (χ4n) is 2.54. The standard InChI is InChI=1S/C21H21BrN2O2/c1-13(2)19-11-15(14(3)9-20(19)26-4)10-16(12-23)21(25)24-18-7-5-17(22)6-8-18/h5-11,13H,1-4H3,(H,24,25)/b16-10-. The van der Waals surface area contributed by atoms with Crippen molar-refractivity contribution in [3.8, 4) is 11.8 Å². The van der Waals surface area contributed by atoms with Gasteiger partial charge in [-0.1, -0.05) is 29.8 Å². The van der Waals surface area contributed by atoms with E-state index in [0.29, 0.717) is 5.69 Å². The van der Waals surface area contributed by atoms with Crippen molar-refractivity contribution in [3.63, 3.8) is 0 Å². The number of halogens is 1. The molecule has 2 aromatic carbocycles. The zero-order valence-electron chi connectivity index (χ0n) is 15.3. The van der Waals surface area contributed by atoms with Gasteiger partial charge in [-0.2, -0.15) is 5.26 Å². The van der Waals surface area contributed by atoms with E-state index in [1.165, 1.54) is 0 Å². The van der Waals surface area contributed by atoms with Crippen molar-refractivity contribution in [2.75, 3.05) is 12.4 Å². The summed E-state index contributed by atoms with van der Waals surface area (Å²) in [5, 5.41) is 12.2. The molecule has 0 bridgehead atoms. The number of amides is 1. The molecule has 0 saturated heterocycles. The van der Waals surface area contributed by atoms with Crippen LogP contribution in [0.3, 0.4) is 0 Å². The number of methoxy groups -OCH3 is 1. The average molecular weight is 413 g/mol. The van der Waals surface area contributed by atoms with Gasteiger partial charge in [0.2, 0.25) is 0 Å². The Kier molecular flexibility index (Phi) is 6.59. The van der Waals surface area contributed by atoms with Crippen LogP contribution in [0.5, 0.6) is 5.75 Å². The van der Waals surface area contributed by atoms with Crippen molar-refractivity contribution in [2.45, 2.75) is 26.7 Å². The minimum Gasteiger partial charge on any atom is -0.496 e. The Balaban J connectivity index is 2.36. The Morgan fingerprint density at radius 3 is 2.46 bits per heavy atom. The van der Waals surface area contributed by atoms with Gasteiger partial charge in [0, 0.05) is 10.2 Å². The van der Waals surface area contributed by atoms with Gasteiger partial charge in [-0.15, -0.1) is 0 Å². The highest BCUT2D eigenvalue weighted by Gasteiger charge is 2.14. The quantitative estimate of drug-likeness (QED) is 0.525. The summed E-state index contributed by atoms with van der Waals surface area (Å²) in [5.41, 5.74) is 3.49. The third kappa shape index (κ3) is 4.74. The third-order valence-electron chi connectivity index (χ3n) is 4.01. The van der Waals surface area contributed by atoms with Crippen LogP contribution >= 0.6 is 15.9 Å². The van der Waals surface area contributed by atoms with Gasteiger partial charge in [-0.25, -0.2) is 0 Å². The van der Waals surface area contributed by atoms with Crippen LogP contribution in [0.4, 0.5) is 5.69 Å². The molecule has 26 heavy (non-hydrogen) atoms. The number of carbonyl (C=O) groups is 1. The van der Waals surface area contributed by atoms with Gasteiger partial charge in [0.05, 0.1) is 7.11 Å². The average Bonchev–Trinajstić information content (AvgIpc) is 2.61. The first-order valence-electron chi connectivity index (χ1n) is 8.23. The summed E-state index contributed by atoms with van der Waals surface area (Å²) in [4.78, 5) is 12.4. The molecule has 0 spiro atoms. The lowest BCUT2D eigenvalue weighted by Gasteiger charge is -2.15. The van der Waals surface area contributed by atoms with Crippen molar-refractivity contribution >= 4 is 33.6 Å². The predicted octanol–water partition coefficient (Wildman–Crippen LogP) is 5.44. The minimum atomic E-state index is -0.434. The molecule has 0 aromatic heterocycles. The number of rotatable bonds is 5.